The maximum atomic E-state index is 12.2. The highest BCUT2D eigenvalue weighted by atomic mass is 16.5. The van der Waals surface area contributed by atoms with Crippen molar-refractivity contribution in [3.05, 3.63) is 58.8 Å². The van der Waals surface area contributed by atoms with Gasteiger partial charge < -0.3 is 15.4 Å². The van der Waals surface area contributed by atoms with Gasteiger partial charge in [0, 0.05) is 25.1 Å². The second kappa shape index (κ2) is 9.75. The first-order valence-electron chi connectivity index (χ1n) is 9.48. The molecule has 2 amide bonds. The minimum absolute atomic E-state index is 0.0645. The number of aromatic nitrogens is 2. The monoisotopic (exact) mass is 370 g/mol. The minimum Gasteiger partial charge on any atom is -0.492 e. The van der Waals surface area contributed by atoms with Gasteiger partial charge in [-0.3, -0.25) is 9.36 Å². The maximum absolute atomic E-state index is 12.2. The summed E-state index contributed by atoms with van der Waals surface area (Å²) < 4.78 is 7.03. The lowest BCUT2D eigenvalue weighted by molar-refractivity contribution is 0.236. The fourth-order valence-electron chi connectivity index (χ4n) is 3.26. The van der Waals surface area contributed by atoms with Crippen molar-refractivity contribution in [1.29, 1.82) is 0 Å². The van der Waals surface area contributed by atoms with Gasteiger partial charge in [0.25, 0.3) is 5.56 Å². The third kappa shape index (κ3) is 5.84. The second-order valence-electron chi connectivity index (χ2n) is 6.67. The molecule has 1 saturated carbocycles. The highest BCUT2D eigenvalue weighted by Crippen LogP contribution is 2.32. The Kier molecular flexibility index (Phi) is 6.84. The number of ether oxygens (including phenoxy) is 1. The second-order valence-corrected chi connectivity index (χ2v) is 6.67. The van der Waals surface area contributed by atoms with Gasteiger partial charge in [0.05, 0.1) is 18.6 Å². The summed E-state index contributed by atoms with van der Waals surface area (Å²) in [7, 11) is 0. The van der Waals surface area contributed by atoms with E-state index in [9.17, 15) is 9.59 Å². The Labute approximate surface area is 158 Å². The summed E-state index contributed by atoms with van der Waals surface area (Å²) in [6.45, 7) is 1.54. The van der Waals surface area contributed by atoms with Crippen molar-refractivity contribution in [3.63, 3.8) is 0 Å². The SMILES string of the molecule is O=C(NCCOc1ccccc1)NCCn1cnc(C2CCCC2)cc1=O. The smallest absolute Gasteiger partial charge is 0.314 e. The van der Waals surface area contributed by atoms with Gasteiger partial charge in [0.15, 0.2) is 0 Å². The van der Waals surface area contributed by atoms with Gasteiger partial charge in [-0.1, -0.05) is 31.0 Å². The number of benzene rings is 1. The van der Waals surface area contributed by atoms with E-state index in [2.05, 4.69) is 15.6 Å². The van der Waals surface area contributed by atoms with Crippen LogP contribution in [-0.4, -0.2) is 35.3 Å². The molecule has 1 aliphatic carbocycles. The summed E-state index contributed by atoms with van der Waals surface area (Å²) in [5.74, 6) is 1.20. The predicted molar refractivity (Wildman–Crippen MR) is 103 cm³/mol. The molecule has 7 heteroatoms. The molecule has 0 radical (unpaired) electrons. The topological polar surface area (TPSA) is 85.2 Å². The lowest BCUT2D eigenvalue weighted by Crippen LogP contribution is -2.39. The zero-order chi connectivity index (χ0) is 18.9. The van der Waals surface area contributed by atoms with Gasteiger partial charge in [-0.25, -0.2) is 9.78 Å². The van der Waals surface area contributed by atoms with Crippen molar-refractivity contribution in [2.75, 3.05) is 19.7 Å². The van der Waals surface area contributed by atoms with E-state index in [0.717, 1.165) is 24.3 Å². The van der Waals surface area contributed by atoms with Gasteiger partial charge >= 0.3 is 6.03 Å². The molecule has 1 heterocycles. The summed E-state index contributed by atoms with van der Waals surface area (Å²) in [6, 6.07) is 10.8. The van der Waals surface area contributed by atoms with Crippen LogP contribution in [-0.2, 0) is 6.54 Å². The van der Waals surface area contributed by atoms with E-state index in [1.807, 2.05) is 30.3 Å². The summed E-state index contributed by atoms with van der Waals surface area (Å²) in [6.07, 6.45) is 6.25. The molecule has 0 unspecified atom stereocenters. The molecule has 1 aromatic carbocycles. The Morgan fingerprint density at radius 1 is 1.15 bits per heavy atom. The average Bonchev–Trinajstić information content (AvgIpc) is 3.22. The van der Waals surface area contributed by atoms with Gasteiger partial charge in [0.1, 0.15) is 12.4 Å². The molecule has 0 spiro atoms. The van der Waals surface area contributed by atoms with Crippen LogP contribution >= 0.6 is 0 Å². The standard InChI is InChI=1S/C20H26N4O3/c25-19-14-18(16-6-4-5-7-16)23-15-24(19)12-10-21-20(26)22-11-13-27-17-8-2-1-3-9-17/h1-3,8-9,14-16H,4-7,10-13H2,(H2,21,22,26). The molecule has 7 nitrogen and oxygen atoms in total. The number of rotatable bonds is 8. The van der Waals surface area contributed by atoms with Crippen LogP contribution in [0, 0.1) is 0 Å². The third-order valence-electron chi connectivity index (χ3n) is 4.71. The normalized spacial score (nSPS) is 14.1. The van der Waals surface area contributed by atoms with Crippen LogP contribution in [0.2, 0.25) is 0 Å². The van der Waals surface area contributed by atoms with Gasteiger partial charge in [-0.15, -0.1) is 0 Å². The maximum Gasteiger partial charge on any atom is 0.314 e. The summed E-state index contributed by atoms with van der Waals surface area (Å²) >= 11 is 0. The summed E-state index contributed by atoms with van der Waals surface area (Å²) in [5, 5.41) is 5.46. The summed E-state index contributed by atoms with van der Waals surface area (Å²) in [4.78, 5) is 28.4. The molecule has 1 fully saturated rings. The van der Waals surface area contributed by atoms with E-state index in [1.54, 1.807) is 12.4 Å². The lowest BCUT2D eigenvalue weighted by atomic mass is 10.0. The van der Waals surface area contributed by atoms with Crippen LogP contribution in [0.5, 0.6) is 5.75 Å². The van der Waals surface area contributed by atoms with Gasteiger partial charge in [-0.05, 0) is 25.0 Å². The number of para-hydroxylation sites is 1. The molecular weight excluding hydrogens is 344 g/mol. The number of hydrogen-bond donors (Lipinski definition) is 2. The van der Waals surface area contributed by atoms with E-state index >= 15 is 0 Å². The van der Waals surface area contributed by atoms with Crippen LogP contribution in [0.1, 0.15) is 37.3 Å². The first kappa shape index (κ1) is 18.9. The van der Waals surface area contributed by atoms with Crippen LogP contribution in [0.4, 0.5) is 4.79 Å². The Morgan fingerprint density at radius 2 is 1.89 bits per heavy atom. The molecule has 2 N–H and O–H groups in total. The average molecular weight is 370 g/mol. The van der Waals surface area contributed by atoms with Crippen LogP contribution in [0.3, 0.4) is 0 Å². The Morgan fingerprint density at radius 3 is 2.63 bits per heavy atom. The highest BCUT2D eigenvalue weighted by molar-refractivity contribution is 5.73. The van der Waals surface area contributed by atoms with E-state index in [1.165, 1.54) is 17.4 Å². The van der Waals surface area contributed by atoms with Crippen LogP contribution < -0.4 is 20.9 Å². The highest BCUT2D eigenvalue weighted by Gasteiger charge is 2.18. The number of urea groups is 1. The molecular formula is C20H26N4O3. The number of hydrogen-bond acceptors (Lipinski definition) is 4. The Bertz CT molecular complexity index is 785. The first-order valence-corrected chi connectivity index (χ1v) is 9.48. The van der Waals surface area contributed by atoms with Crippen LogP contribution in [0.25, 0.3) is 0 Å². The quantitative estimate of drug-likeness (QED) is 0.698. The molecule has 2 aromatic rings. The van der Waals surface area contributed by atoms with E-state index < -0.39 is 0 Å². The van der Waals surface area contributed by atoms with Crippen molar-refractivity contribution in [3.8, 4) is 5.75 Å². The number of nitrogens with one attached hydrogen (secondary N) is 2. The van der Waals surface area contributed by atoms with E-state index in [4.69, 9.17) is 4.74 Å². The Hall–Kier alpha value is -2.83. The van der Waals surface area contributed by atoms with Crippen molar-refractivity contribution in [2.24, 2.45) is 0 Å². The minimum atomic E-state index is -0.282. The van der Waals surface area contributed by atoms with Crippen molar-refractivity contribution in [2.45, 2.75) is 38.1 Å². The van der Waals surface area contributed by atoms with Crippen LogP contribution in [0.15, 0.2) is 47.5 Å². The molecule has 0 bridgehead atoms. The molecule has 144 valence electrons. The largest absolute Gasteiger partial charge is 0.492 e. The van der Waals surface area contributed by atoms with E-state index in [-0.39, 0.29) is 11.6 Å². The number of carbonyl (C=O) groups excluding carboxylic acids is 1. The van der Waals surface area contributed by atoms with Crippen molar-refractivity contribution in [1.82, 2.24) is 20.2 Å². The molecule has 27 heavy (non-hydrogen) atoms. The van der Waals surface area contributed by atoms with Crippen molar-refractivity contribution < 1.29 is 9.53 Å². The third-order valence-corrected chi connectivity index (χ3v) is 4.71. The summed E-state index contributed by atoms with van der Waals surface area (Å²) in [5.41, 5.74) is 0.836. The molecule has 3 rings (SSSR count). The van der Waals surface area contributed by atoms with E-state index in [0.29, 0.717) is 32.2 Å². The first-order chi connectivity index (χ1) is 13.2. The fourth-order valence-corrected chi connectivity index (χ4v) is 3.26. The zero-order valence-electron chi connectivity index (χ0n) is 15.4. The predicted octanol–water partition coefficient (Wildman–Crippen LogP) is 2.28. The number of amides is 2. The lowest BCUT2D eigenvalue weighted by Gasteiger charge is -2.11. The number of nitrogens with zero attached hydrogens (tertiary/aromatic N) is 2. The molecule has 0 atom stereocenters. The molecule has 1 aliphatic rings. The molecule has 1 aromatic heterocycles. The number of carbonyl (C=O) groups is 1. The molecule has 0 saturated heterocycles. The van der Waals surface area contributed by atoms with Gasteiger partial charge in [-0.2, -0.15) is 0 Å². The fraction of sp³-hybridized carbons (Fsp3) is 0.450. The van der Waals surface area contributed by atoms with Gasteiger partial charge in [0.2, 0.25) is 0 Å². The molecule has 0 aliphatic heterocycles. The van der Waals surface area contributed by atoms with Crippen molar-refractivity contribution >= 4 is 6.03 Å². The Balaban J connectivity index is 1.34. The zero-order valence-corrected chi connectivity index (χ0v) is 15.4.